The van der Waals surface area contributed by atoms with Gasteiger partial charge in [-0.25, -0.2) is 4.68 Å². The number of carbonyl (C=O) groups is 1. The number of nitrogens with one attached hydrogen (secondary N) is 1. The predicted octanol–water partition coefficient (Wildman–Crippen LogP) is 1.44. The fraction of sp³-hybridized carbons (Fsp3) is 0.636. The van der Waals surface area contributed by atoms with E-state index in [-0.39, 0.29) is 11.9 Å². The van der Waals surface area contributed by atoms with Crippen LogP contribution in [0, 0.1) is 5.92 Å². The van der Waals surface area contributed by atoms with Gasteiger partial charge in [0, 0.05) is 12.5 Å². The number of rotatable bonds is 4. The molecule has 1 fully saturated rings. The number of hydrogen-bond acceptors (Lipinski definition) is 3. The maximum atomic E-state index is 11.6. The van der Waals surface area contributed by atoms with Crippen molar-refractivity contribution in [3.8, 4) is 0 Å². The van der Waals surface area contributed by atoms with E-state index in [0.717, 1.165) is 5.82 Å². The minimum atomic E-state index is 0.0389. The van der Waals surface area contributed by atoms with Crippen LogP contribution in [0.15, 0.2) is 12.3 Å². The molecule has 1 aromatic heterocycles. The van der Waals surface area contributed by atoms with Crippen LogP contribution in [0.4, 0.5) is 5.82 Å². The molecule has 1 N–H and O–H groups in total. The summed E-state index contributed by atoms with van der Waals surface area (Å²) >= 11 is 0. The van der Waals surface area contributed by atoms with Gasteiger partial charge in [0.2, 0.25) is 5.91 Å². The first kappa shape index (κ1) is 11.1. The van der Waals surface area contributed by atoms with E-state index < -0.39 is 0 Å². The Morgan fingerprint density at radius 1 is 1.69 bits per heavy atom. The lowest BCUT2D eigenvalue weighted by Crippen LogP contribution is -2.32. The van der Waals surface area contributed by atoms with Crippen LogP contribution in [0.1, 0.15) is 26.3 Å². The largest absolute Gasteiger partial charge is 0.377 e. The van der Waals surface area contributed by atoms with Crippen LogP contribution in [0.5, 0.6) is 0 Å². The van der Waals surface area contributed by atoms with E-state index in [9.17, 15) is 4.79 Å². The molecule has 0 unspecified atom stereocenters. The lowest BCUT2D eigenvalue weighted by molar-refractivity contribution is -0.116. The summed E-state index contributed by atoms with van der Waals surface area (Å²) < 4.78 is 6.93. The minimum absolute atomic E-state index is 0.0389. The van der Waals surface area contributed by atoms with E-state index in [1.54, 1.807) is 6.20 Å². The van der Waals surface area contributed by atoms with E-state index in [0.29, 0.717) is 25.6 Å². The number of anilines is 1. The van der Waals surface area contributed by atoms with E-state index in [4.69, 9.17) is 4.74 Å². The van der Waals surface area contributed by atoms with Crippen molar-refractivity contribution in [2.24, 2.45) is 5.92 Å². The highest BCUT2D eigenvalue weighted by atomic mass is 16.5. The molecule has 0 aromatic carbocycles. The molecule has 0 radical (unpaired) electrons. The maximum absolute atomic E-state index is 11.6. The molecular formula is C11H17N3O2. The summed E-state index contributed by atoms with van der Waals surface area (Å²) in [5.74, 6) is 1.17. The zero-order valence-corrected chi connectivity index (χ0v) is 9.64. The molecule has 16 heavy (non-hydrogen) atoms. The quantitative estimate of drug-likeness (QED) is 0.840. The molecule has 1 aliphatic heterocycles. The molecule has 0 atom stereocenters. The SMILES string of the molecule is CC(C)CC(=O)Nc1ccnn1C1COC1. The third-order valence-electron chi connectivity index (χ3n) is 2.50. The van der Waals surface area contributed by atoms with Gasteiger partial charge in [0.05, 0.1) is 19.4 Å². The maximum Gasteiger partial charge on any atom is 0.225 e. The highest BCUT2D eigenvalue weighted by Crippen LogP contribution is 2.21. The molecular weight excluding hydrogens is 206 g/mol. The minimum Gasteiger partial charge on any atom is -0.377 e. The van der Waals surface area contributed by atoms with Gasteiger partial charge in [-0.1, -0.05) is 13.8 Å². The molecule has 0 spiro atoms. The Kier molecular flexibility index (Phi) is 3.24. The van der Waals surface area contributed by atoms with E-state index in [1.807, 2.05) is 24.6 Å². The van der Waals surface area contributed by atoms with Crippen molar-refractivity contribution in [2.45, 2.75) is 26.3 Å². The van der Waals surface area contributed by atoms with Crippen LogP contribution in [-0.4, -0.2) is 28.9 Å². The highest BCUT2D eigenvalue weighted by Gasteiger charge is 2.23. The number of hydrogen-bond donors (Lipinski definition) is 1. The van der Waals surface area contributed by atoms with Crippen molar-refractivity contribution in [1.29, 1.82) is 0 Å². The van der Waals surface area contributed by atoms with Crippen LogP contribution >= 0.6 is 0 Å². The lowest BCUT2D eigenvalue weighted by atomic mass is 10.1. The summed E-state index contributed by atoms with van der Waals surface area (Å²) in [5.41, 5.74) is 0. The average molecular weight is 223 g/mol. The fourth-order valence-corrected chi connectivity index (χ4v) is 1.63. The standard InChI is InChI=1S/C11H17N3O2/c1-8(2)5-11(15)13-10-3-4-12-14(10)9-6-16-7-9/h3-4,8-9H,5-7H2,1-2H3,(H,13,15). The number of carbonyl (C=O) groups excluding carboxylic acids is 1. The number of aromatic nitrogens is 2. The zero-order valence-electron chi connectivity index (χ0n) is 9.64. The summed E-state index contributed by atoms with van der Waals surface area (Å²) in [6, 6.07) is 2.08. The molecule has 0 bridgehead atoms. The Morgan fingerprint density at radius 2 is 2.44 bits per heavy atom. The van der Waals surface area contributed by atoms with Crippen LogP contribution < -0.4 is 5.32 Å². The summed E-state index contributed by atoms with van der Waals surface area (Å²) in [5, 5.41) is 7.07. The van der Waals surface area contributed by atoms with Gasteiger partial charge in [-0.3, -0.25) is 4.79 Å². The molecule has 1 aliphatic rings. The topological polar surface area (TPSA) is 56.2 Å². The summed E-state index contributed by atoms with van der Waals surface area (Å²) in [4.78, 5) is 11.6. The van der Waals surface area contributed by atoms with Gasteiger partial charge in [-0.15, -0.1) is 0 Å². The Labute approximate surface area is 94.8 Å². The monoisotopic (exact) mass is 223 g/mol. The average Bonchev–Trinajstić information content (AvgIpc) is 2.48. The predicted molar refractivity (Wildman–Crippen MR) is 60.2 cm³/mol. The van der Waals surface area contributed by atoms with Crippen molar-refractivity contribution in [1.82, 2.24) is 9.78 Å². The Balaban J connectivity index is 1.98. The molecule has 0 saturated carbocycles. The number of amides is 1. The van der Waals surface area contributed by atoms with Crippen molar-refractivity contribution >= 4 is 11.7 Å². The molecule has 1 amide bonds. The zero-order chi connectivity index (χ0) is 11.5. The Hall–Kier alpha value is -1.36. The van der Waals surface area contributed by atoms with Crippen molar-refractivity contribution < 1.29 is 9.53 Å². The third kappa shape index (κ3) is 2.41. The van der Waals surface area contributed by atoms with Gasteiger partial charge in [-0.05, 0) is 5.92 Å². The van der Waals surface area contributed by atoms with Crippen LogP contribution in [0.2, 0.25) is 0 Å². The van der Waals surface area contributed by atoms with Crippen molar-refractivity contribution in [2.75, 3.05) is 18.5 Å². The molecule has 1 aromatic rings. The van der Waals surface area contributed by atoms with Crippen molar-refractivity contribution in [3.05, 3.63) is 12.3 Å². The smallest absolute Gasteiger partial charge is 0.225 e. The molecule has 2 heterocycles. The summed E-state index contributed by atoms with van der Waals surface area (Å²) in [6.07, 6.45) is 2.23. The number of nitrogens with zero attached hydrogens (tertiary/aromatic N) is 2. The van der Waals surface area contributed by atoms with Crippen LogP contribution in [0.25, 0.3) is 0 Å². The normalized spacial score (nSPS) is 16.2. The van der Waals surface area contributed by atoms with E-state index in [2.05, 4.69) is 10.4 Å². The molecule has 88 valence electrons. The van der Waals surface area contributed by atoms with Gasteiger partial charge >= 0.3 is 0 Å². The van der Waals surface area contributed by atoms with Gasteiger partial charge in [0.1, 0.15) is 11.9 Å². The lowest BCUT2D eigenvalue weighted by Gasteiger charge is -2.27. The van der Waals surface area contributed by atoms with Gasteiger partial charge in [-0.2, -0.15) is 5.10 Å². The fourth-order valence-electron chi connectivity index (χ4n) is 1.63. The summed E-state index contributed by atoms with van der Waals surface area (Å²) in [6.45, 7) is 5.40. The second-order valence-corrected chi connectivity index (χ2v) is 4.50. The molecule has 0 aliphatic carbocycles. The van der Waals surface area contributed by atoms with Gasteiger partial charge in [0.25, 0.3) is 0 Å². The Morgan fingerprint density at radius 3 is 3.00 bits per heavy atom. The van der Waals surface area contributed by atoms with Crippen LogP contribution in [-0.2, 0) is 9.53 Å². The first-order valence-electron chi connectivity index (χ1n) is 5.58. The summed E-state index contributed by atoms with van der Waals surface area (Å²) in [7, 11) is 0. The van der Waals surface area contributed by atoms with Gasteiger partial charge in [0.15, 0.2) is 0 Å². The second kappa shape index (κ2) is 4.65. The highest BCUT2D eigenvalue weighted by molar-refractivity contribution is 5.89. The van der Waals surface area contributed by atoms with E-state index in [1.165, 1.54) is 0 Å². The molecule has 5 nitrogen and oxygen atoms in total. The molecule has 1 saturated heterocycles. The first-order valence-corrected chi connectivity index (χ1v) is 5.58. The number of ether oxygens (including phenoxy) is 1. The third-order valence-corrected chi connectivity index (χ3v) is 2.50. The second-order valence-electron chi connectivity index (χ2n) is 4.50. The van der Waals surface area contributed by atoms with Gasteiger partial charge < -0.3 is 10.1 Å². The molecule has 5 heteroatoms. The van der Waals surface area contributed by atoms with E-state index >= 15 is 0 Å². The van der Waals surface area contributed by atoms with Crippen molar-refractivity contribution in [3.63, 3.8) is 0 Å². The van der Waals surface area contributed by atoms with Crippen LogP contribution in [0.3, 0.4) is 0 Å². The molecule has 2 rings (SSSR count). The first-order chi connectivity index (χ1) is 7.66. The Bertz CT molecular complexity index is 369.